The van der Waals surface area contributed by atoms with Crippen LogP contribution in [0.2, 0.25) is 5.15 Å². The second-order valence-corrected chi connectivity index (χ2v) is 12.6. The number of likely N-dealkylation sites (N-methyl/N-ethyl adjacent to an activating group) is 1. The summed E-state index contributed by atoms with van der Waals surface area (Å²) in [6.07, 6.45) is 6.78. The van der Waals surface area contributed by atoms with Crippen LogP contribution in [0.3, 0.4) is 0 Å². The van der Waals surface area contributed by atoms with E-state index in [1.807, 2.05) is 12.3 Å². The van der Waals surface area contributed by atoms with Gasteiger partial charge in [-0.05, 0) is 35.1 Å². The fourth-order valence-corrected chi connectivity index (χ4v) is 5.67. The molecule has 0 amide bonds. The molecule has 0 aliphatic carbocycles. The number of fused-ring (bicyclic) bond motifs is 1. The standard InChI is InChI=1S/C27H30ClN9O2S/c1-17(2)19-6-7-23(36-14-18(15-36)35(3)40(4,38)39)21-13-31-25(12-20(19)21)32-24-8-10-30-27(33-24)22-16-37(11-5-9-29)34-26(22)28/h6-8,10,12-13,16-18H,5,11,14-15H2,1-4H3,(H,30,31,32,33). The molecule has 1 aromatic carbocycles. The van der Waals surface area contributed by atoms with Crippen molar-refractivity contribution >= 4 is 49.7 Å². The van der Waals surface area contributed by atoms with Crippen LogP contribution in [0.15, 0.2) is 42.9 Å². The molecule has 1 fully saturated rings. The van der Waals surface area contributed by atoms with Crippen LogP contribution in [-0.4, -0.2) is 69.9 Å². The summed E-state index contributed by atoms with van der Waals surface area (Å²) in [6, 6.07) is 10.0. The third kappa shape index (κ3) is 5.58. The average molecular weight is 580 g/mol. The summed E-state index contributed by atoms with van der Waals surface area (Å²) in [5.41, 5.74) is 2.80. The predicted octanol–water partition coefficient (Wildman–Crippen LogP) is 4.40. The van der Waals surface area contributed by atoms with Crippen molar-refractivity contribution in [2.45, 2.75) is 38.8 Å². The molecule has 0 saturated carbocycles. The van der Waals surface area contributed by atoms with Crippen molar-refractivity contribution in [3.63, 3.8) is 0 Å². The van der Waals surface area contributed by atoms with Crippen LogP contribution in [0.1, 0.15) is 31.7 Å². The molecule has 13 heteroatoms. The summed E-state index contributed by atoms with van der Waals surface area (Å²) in [5, 5.41) is 18.7. The van der Waals surface area contributed by atoms with Gasteiger partial charge in [0.2, 0.25) is 10.0 Å². The first-order valence-electron chi connectivity index (χ1n) is 12.9. The Labute approximate surface area is 238 Å². The second-order valence-electron chi connectivity index (χ2n) is 10.2. The molecule has 1 saturated heterocycles. The Morgan fingerprint density at radius 2 is 1.98 bits per heavy atom. The number of rotatable bonds is 9. The van der Waals surface area contributed by atoms with E-state index < -0.39 is 10.0 Å². The molecule has 4 heterocycles. The number of hydrogen-bond acceptors (Lipinski definition) is 9. The molecular weight excluding hydrogens is 550 g/mol. The van der Waals surface area contributed by atoms with Gasteiger partial charge in [0.05, 0.1) is 36.9 Å². The summed E-state index contributed by atoms with van der Waals surface area (Å²) in [6.45, 7) is 5.99. The van der Waals surface area contributed by atoms with Gasteiger partial charge in [-0.25, -0.2) is 23.4 Å². The molecule has 1 aliphatic heterocycles. The first kappa shape index (κ1) is 27.8. The molecule has 40 heavy (non-hydrogen) atoms. The first-order chi connectivity index (χ1) is 19.0. The Morgan fingerprint density at radius 1 is 1.20 bits per heavy atom. The zero-order valence-electron chi connectivity index (χ0n) is 22.7. The molecule has 0 atom stereocenters. The van der Waals surface area contributed by atoms with Gasteiger partial charge < -0.3 is 10.2 Å². The van der Waals surface area contributed by atoms with Gasteiger partial charge in [0.15, 0.2) is 11.0 Å². The first-order valence-corrected chi connectivity index (χ1v) is 15.1. The molecular formula is C27H30ClN9O2S. The van der Waals surface area contributed by atoms with Crippen LogP contribution in [-0.2, 0) is 16.6 Å². The molecule has 3 aromatic heterocycles. The summed E-state index contributed by atoms with van der Waals surface area (Å²) in [5.74, 6) is 1.88. The molecule has 4 aromatic rings. The summed E-state index contributed by atoms with van der Waals surface area (Å²) < 4.78 is 26.9. The smallest absolute Gasteiger partial charge is 0.211 e. The Kier molecular flexibility index (Phi) is 7.63. The Hall–Kier alpha value is -3.79. The van der Waals surface area contributed by atoms with Crippen LogP contribution in [0.5, 0.6) is 0 Å². The quantitative estimate of drug-likeness (QED) is 0.306. The van der Waals surface area contributed by atoms with Gasteiger partial charge in [-0.1, -0.05) is 31.5 Å². The molecule has 0 bridgehead atoms. The number of halogens is 1. The maximum Gasteiger partial charge on any atom is 0.211 e. The molecule has 0 radical (unpaired) electrons. The van der Waals surface area contributed by atoms with Gasteiger partial charge in [0, 0.05) is 49.8 Å². The normalized spacial score (nSPS) is 14.1. The van der Waals surface area contributed by atoms with E-state index >= 15 is 0 Å². The molecule has 1 aliphatic rings. The third-order valence-electron chi connectivity index (χ3n) is 7.10. The second kappa shape index (κ2) is 11.0. The number of nitriles is 1. The van der Waals surface area contributed by atoms with Crippen LogP contribution in [0, 0.1) is 11.3 Å². The summed E-state index contributed by atoms with van der Waals surface area (Å²) in [4.78, 5) is 15.8. The number of nitrogens with zero attached hydrogens (tertiary/aromatic N) is 8. The van der Waals surface area contributed by atoms with E-state index in [4.69, 9.17) is 16.9 Å². The van der Waals surface area contributed by atoms with Crippen molar-refractivity contribution in [1.82, 2.24) is 29.0 Å². The van der Waals surface area contributed by atoms with Gasteiger partial charge in [0.25, 0.3) is 0 Å². The highest BCUT2D eigenvalue weighted by molar-refractivity contribution is 7.88. The molecule has 1 N–H and O–H groups in total. The van der Waals surface area contributed by atoms with E-state index in [0.29, 0.717) is 49.1 Å². The number of benzene rings is 1. The maximum absolute atomic E-state index is 11.9. The van der Waals surface area contributed by atoms with E-state index in [-0.39, 0.29) is 17.1 Å². The molecule has 11 nitrogen and oxygen atoms in total. The SMILES string of the molecule is CC(C)c1ccc(N2CC(N(C)S(C)(=O)=O)C2)c2cnc(Nc3ccnc(-c4cn(CCC#N)nc4Cl)n3)cc12. The monoisotopic (exact) mass is 579 g/mol. The van der Waals surface area contributed by atoms with Crippen LogP contribution in [0.25, 0.3) is 22.2 Å². The Balaban J connectivity index is 1.42. The van der Waals surface area contributed by atoms with Crippen LogP contribution in [0.4, 0.5) is 17.3 Å². The predicted molar refractivity (Wildman–Crippen MR) is 156 cm³/mol. The Morgan fingerprint density at radius 3 is 2.67 bits per heavy atom. The lowest BCUT2D eigenvalue weighted by molar-refractivity contribution is 0.313. The minimum absolute atomic E-state index is 0.0531. The number of hydrogen-bond donors (Lipinski definition) is 1. The average Bonchev–Trinajstić information content (AvgIpc) is 3.26. The highest BCUT2D eigenvalue weighted by atomic mass is 35.5. The number of nitrogens with one attached hydrogen (secondary N) is 1. The summed E-state index contributed by atoms with van der Waals surface area (Å²) in [7, 11) is -1.61. The van der Waals surface area contributed by atoms with E-state index in [0.717, 1.165) is 16.5 Å². The number of sulfonamides is 1. The number of anilines is 3. The summed E-state index contributed by atoms with van der Waals surface area (Å²) >= 11 is 6.32. The van der Waals surface area contributed by atoms with Gasteiger partial charge in [-0.15, -0.1) is 0 Å². The van der Waals surface area contributed by atoms with Crippen LogP contribution < -0.4 is 10.2 Å². The van der Waals surface area contributed by atoms with Gasteiger partial charge in [0.1, 0.15) is 11.6 Å². The fraction of sp³-hybridized carbons (Fsp3) is 0.370. The minimum Gasteiger partial charge on any atom is -0.368 e. The van der Waals surface area contributed by atoms with Crippen LogP contribution >= 0.6 is 11.6 Å². The molecule has 208 valence electrons. The van der Waals surface area contributed by atoms with Gasteiger partial charge in [-0.2, -0.15) is 14.7 Å². The van der Waals surface area contributed by atoms with Gasteiger partial charge >= 0.3 is 0 Å². The third-order valence-corrected chi connectivity index (χ3v) is 8.72. The van der Waals surface area contributed by atoms with Crippen molar-refractivity contribution < 1.29 is 8.42 Å². The number of pyridine rings is 1. The van der Waals surface area contributed by atoms with E-state index in [1.165, 1.54) is 16.1 Å². The van der Waals surface area contributed by atoms with Crippen molar-refractivity contribution in [2.24, 2.45) is 0 Å². The lowest BCUT2D eigenvalue weighted by Gasteiger charge is -2.44. The number of aromatic nitrogens is 5. The van der Waals surface area contributed by atoms with E-state index in [1.54, 1.807) is 30.2 Å². The fourth-order valence-electron chi connectivity index (χ4n) is 4.76. The van der Waals surface area contributed by atoms with Crippen molar-refractivity contribution in [3.05, 3.63) is 53.6 Å². The van der Waals surface area contributed by atoms with E-state index in [2.05, 4.69) is 62.3 Å². The van der Waals surface area contributed by atoms with Crippen molar-refractivity contribution in [1.29, 1.82) is 5.26 Å². The lowest BCUT2D eigenvalue weighted by atomic mass is 9.94. The van der Waals surface area contributed by atoms with E-state index in [9.17, 15) is 8.42 Å². The molecule has 0 unspecified atom stereocenters. The van der Waals surface area contributed by atoms with Gasteiger partial charge in [-0.3, -0.25) is 4.68 Å². The maximum atomic E-state index is 11.9. The molecule has 0 spiro atoms. The Bertz CT molecular complexity index is 1710. The number of aryl methyl sites for hydroxylation is 1. The zero-order chi connectivity index (χ0) is 28.6. The highest BCUT2D eigenvalue weighted by Crippen LogP contribution is 2.36. The lowest BCUT2D eigenvalue weighted by Crippen LogP contribution is -2.59. The minimum atomic E-state index is -3.24. The highest BCUT2D eigenvalue weighted by Gasteiger charge is 2.35. The topological polar surface area (TPSA) is 133 Å². The van der Waals surface area contributed by atoms with Crippen molar-refractivity contribution in [3.8, 4) is 17.5 Å². The largest absolute Gasteiger partial charge is 0.368 e. The molecule has 5 rings (SSSR count). The van der Waals surface area contributed by atoms with Crippen molar-refractivity contribution in [2.75, 3.05) is 36.6 Å². The zero-order valence-corrected chi connectivity index (χ0v) is 24.3.